The molecule has 0 N–H and O–H groups in total. The van der Waals surface area contributed by atoms with Crippen LogP contribution in [0.4, 0.5) is 0 Å². The Hall–Kier alpha value is -11.7. The van der Waals surface area contributed by atoms with E-state index in [1.807, 2.05) is 48.8 Å². The number of fused-ring (bicyclic) bond motifs is 6. The fourth-order valence-corrected chi connectivity index (χ4v) is 12.0. The summed E-state index contributed by atoms with van der Waals surface area (Å²) in [4.78, 5) is 30.2. The molecule has 6 heterocycles. The van der Waals surface area contributed by atoms with Gasteiger partial charge in [0, 0.05) is 89.8 Å². The van der Waals surface area contributed by atoms with Gasteiger partial charge in [0.05, 0.1) is 56.2 Å². The van der Waals surface area contributed by atoms with Crippen molar-refractivity contribution in [1.82, 2.24) is 39.0 Å². The molecule has 8 heteroatoms. The molecule has 16 aromatic rings. The van der Waals surface area contributed by atoms with E-state index in [0.29, 0.717) is 11.6 Å². The van der Waals surface area contributed by atoms with Crippen LogP contribution in [0.15, 0.2) is 304 Å². The van der Waals surface area contributed by atoms with Crippen LogP contribution in [0.3, 0.4) is 0 Å². The lowest BCUT2D eigenvalue weighted by atomic mass is 9.99. The number of hydrogen-bond acceptors (Lipinski definition) is 6. The quantitative estimate of drug-likeness (QED) is 0.128. The van der Waals surface area contributed by atoms with Crippen molar-refractivity contribution in [3.05, 3.63) is 304 Å². The molecular weight excluding hydrogens is 1050 g/mol. The Bertz CT molecular complexity index is 4720. The average Bonchev–Trinajstić information content (AvgIpc) is 2.81. The van der Waals surface area contributed by atoms with Gasteiger partial charge in [-0.15, -0.1) is 0 Å². The summed E-state index contributed by atoms with van der Waals surface area (Å²) in [5.41, 5.74) is 22.0. The lowest BCUT2D eigenvalue weighted by Gasteiger charge is -2.12. The fraction of sp³-hybridized carbons (Fsp3) is 0. The zero-order valence-corrected chi connectivity index (χ0v) is 46.4. The van der Waals surface area contributed by atoms with Gasteiger partial charge in [0.25, 0.3) is 0 Å². The zero-order valence-electron chi connectivity index (χ0n) is 46.4. The first-order valence-corrected chi connectivity index (χ1v) is 28.8. The van der Waals surface area contributed by atoms with Gasteiger partial charge in [0.15, 0.2) is 11.6 Å². The van der Waals surface area contributed by atoms with Crippen LogP contribution in [0.5, 0.6) is 0 Å². The van der Waals surface area contributed by atoms with Crippen molar-refractivity contribution in [3.63, 3.8) is 0 Å². The number of nitrogens with zero attached hydrogens (tertiary/aromatic N) is 8. The van der Waals surface area contributed by atoms with Gasteiger partial charge < -0.3 is 9.13 Å². The normalized spacial score (nSPS) is 11.5. The number of aromatic nitrogens is 8. The molecule has 6 aromatic heterocycles. The Kier molecular flexibility index (Phi) is 12.3. The number of rotatable bonds is 11. The van der Waals surface area contributed by atoms with Crippen molar-refractivity contribution >= 4 is 43.6 Å². The highest BCUT2D eigenvalue weighted by atomic mass is 15.0. The highest BCUT2D eigenvalue weighted by molar-refractivity contribution is 6.10. The largest absolute Gasteiger partial charge is 0.309 e. The molecule has 0 aliphatic heterocycles. The second-order valence-corrected chi connectivity index (χ2v) is 21.5. The topological polar surface area (TPSA) is 87.2 Å². The van der Waals surface area contributed by atoms with E-state index in [-0.39, 0.29) is 0 Å². The molecule has 402 valence electrons. The molecule has 0 saturated carbocycles. The van der Waals surface area contributed by atoms with Crippen molar-refractivity contribution in [1.29, 1.82) is 0 Å². The van der Waals surface area contributed by atoms with Crippen LogP contribution in [0.1, 0.15) is 0 Å². The Morgan fingerprint density at radius 3 is 0.721 bits per heavy atom. The Balaban J connectivity index is 0.726. The molecule has 0 aliphatic rings. The van der Waals surface area contributed by atoms with Crippen LogP contribution < -0.4 is 0 Å². The Labute approximate surface area is 496 Å². The third-order valence-electron chi connectivity index (χ3n) is 16.4. The SMILES string of the molecule is c1ccc(-c2ccc(-c3cc(-c4ccc(-c5ccc(-c6cc(-c7ccc(-c8ccccn8)cc7)nc(-c7ccc(-n8c9ccccc9c9ccccc98)cc7)n6)cc5)cc4)nc(-c4ccc(-n5c6ccccc6c6ccccc65)cc4)n3)cc2)nc1. The monoisotopic (exact) mass is 1100 g/mol. The molecular formula is C78H50N8. The molecule has 16 rings (SSSR count). The summed E-state index contributed by atoms with van der Waals surface area (Å²) in [5, 5.41) is 4.91. The minimum atomic E-state index is 0.647. The van der Waals surface area contributed by atoms with Crippen molar-refractivity contribution < 1.29 is 0 Å². The molecule has 0 fully saturated rings. The molecule has 0 atom stereocenters. The molecule has 86 heavy (non-hydrogen) atoms. The summed E-state index contributed by atoms with van der Waals surface area (Å²) < 4.78 is 4.66. The van der Waals surface area contributed by atoms with Gasteiger partial charge in [0.1, 0.15) is 0 Å². The van der Waals surface area contributed by atoms with E-state index in [0.717, 1.165) is 101 Å². The highest BCUT2D eigenvalue weighted by Gasteiger charge is 2.18. The van der Waals surface area contributed by atoms with E-state index in [1.54, 1.807) is 0 Å². The zero-order chi connectivity index (χ0) is 56.9. The molecule has 0 bridgehead atoms. The van der Waals surface area contributed by atoms with E-state index in [1.165, 1.54) is 43.6 Å². The summed E-state index contributed by atoms with van der Waals surface area (Å²) in [7, 11) is 0. The maximum Gasteiger partial charge on any atom is 0.160 e. The average molecular weight is 1100 g/mol. The first-order chi connectivity index (χ1) is 42.6. The lowest BCUT2D eigenvalue weighted by Crippen LogP contribution is -1.98. The number of hydrogen-bond donors (Lipinski definition) is 0. The molecule has 0 amide bonds. The Morgan fingerprint density at radius 2 is 0.442 bits per heavy atom. The van der Waals surface area contributed by atoms with Crippen LogP contribution in [0.2, 0.25) is 0 Å². The maximum atomic E-state index is 5.27. The number of para-hydroxylation sites is 4. The van der Waals surface area contributed by atoms with E-state index in [9.17, 15) is 0 Å². The standard InChI is InChI=1S/C78H50N8/c1-5-19-73-63(13-1)64-14-2-6-20-74(64)85(73)61-43-39-59(40-44-61)77-81-69(49-71(83-77)57-35-31-53(32-36-57)67-17-9-11-47-79-67)55-27-23-51(24-28-55)52-25-29-56(30-26-52)70-50-72(58-37-33-54(34-38-58)68-18-10-12-48-80-68)84-78(82-70)60-41-45-62(46-42-60)86-75-21-7-3-15-65(75)66-16-4-8-22-76(66)86/h1-50H. The third-order valence-corrected chi connectivity index (χ3v) is 16.4. The van der Waals surface area contributed by atoms with Crippen molar-refractivity contribution in [3.8, 4) is 113 Å². The first kappa shape index (κ1) is 50.0. The van der Waals surface area contributed by atoms with Gasteiger partial charge in [-0.2, -0.15) is 0 Å². The summed E-state index contributed by atoms with van der Waals surface area (Å²) in [6.07, 6.45) is 3.65. The lowest BCUT2D eigenvalue weighted by molar-refractivity contribution is 1.16. The van der Waals surface area contributed by atoms with Gasteiger partial charge in [-0.1, -0.05) is 182 Å². The van der Waals surface area contributed by atoms with Crippen LogP contribution in [0, 0.1) is 0 Å². The predicted octanol–water partition coefficient (Wildman–Crippen LogP) is 19.3. The van der Waals surface area contributed by atoms with Crippen molar-refractivity contribution in [2.45, 2.75) is 0 Å². The first-order valence-electron chi connectivity index (χ1n) is 28.8. The van der Waals surface area contributed by atoms with Crippen LogP contribution in [0.25, 0.3) is 156 Å². The maximum absolute atomic E-state index is 5.27. The van der Waals surface area contributed by atoms with E-state index in [4.69, 9.17) is 19.9 Å². The molecule has 0 spiro atoms. The van der Waals surface area contributed by atoms with Gasteiger partial charge in [0.2, 0.25) is 0 Å². The predicted molar refractivity (Wildman–Crippen MR) is 351 cm³/mol. The fourth-order valence-electron chi connectivity index (χ4n) is 12.0. The summed E-state index contributed by atoms with van der Waals surface area (Å²) >= 11 is 0. The van der Waals surface area contributed by atoms with Crippen LogP contribution in [-0.4, -0.2) is 39.0 Å². The van der Waals surface area contributed by atoms with E-state index in [2.05, 4.69) is 274 Å². The third kappa shape index (κ3) is 9.15. The van der Waals surface area contributed by atoms with Crippen LogP contribution >= 0.6 is 0 Å². The molecule has 8 nitrogen and oxygen atoms in total. The van der Waals surface area contributed by atoms with E-state index >= 15 is 0 Å². The number of benzene rings is 10. The van der Waals surface area contributed by atoms with Gasteiger partial charge in [-0.05, 0) is 120 Å². The summed E-state index contributed by atoms with van der Waals surface area (Å²) in [6.45, 7) is 0. The Morgan fingerprint density at radius 1 is 0.198 bits per heavy atom. The van der Waals surface area contributed by atoms with Gasteiger partial charge in [-0.3, -0.25) is 9.97 Å². The van der Waals surface area contributed by atoms with Crippen LogP contribution in [-0.2, 0) is 0 Å². The molecule has 0 unspecified atom stereocenters. The smallest absolute Gasteiger partial charge is 0.160 e. The molecule has 10 aromatic carbocycles. The van der Waals surface area contributed by atoms with Gasteiger partial charge >= 0.3 is 0 Å². The van der Waals surface area contributed by atoms with Crippen molar-refractivity contribution in [2.24, 2.45) is 0 Å². The second-order valence-electron chi connectivity index (χ2n) is 21.5. The van der Waals surface area contributed by atoms with Crippen molar-refractivity contribution in [2.75, 3.05) is 0 Å². The molecule has 0 aliphatic carbocycles. The summed E-state index contributed by atoms with van der Waals surface area (Å²) in [6, 6.07) is 102. The van der Waals surface area contributed by atoms with E-state index < -0.39 is 0 Å². The minimum Gasteiger partial charge on any atom is -0.309 e. The molecule has 0 saturated heterocycles. The molecule has 0 radical (unpaired) electrons. The van der Waals surface area contributed by atoms with Gasteiger partial charge in [-0.25, -0.2) is 19.9 Å². The minimum absolute atomic E-state index is 0.647. The summed E-state index contributed by atoms with van der Waals surface area (Å²) in [5.74, 6) is 1.29. The second kappa shape index (κ2) is 21.2. The highest BCUT2D eigenvalue weighted by Crippen LogP contribution is 2.37. The number of pyridine rings is 2.